The summed E-state index contributed by atoms with van der Waals surface area (Å²) in [7, 11) is 1.58. The first kappa shape index (κ1) is 12.1. The second kappa shape index (κ2) is 6.39. The zero-order chi connectivity index (χ0) is 11.9. The zero-order valence-corrected chi connectivity index (χ0v) is 10.2. The summed E-state index contributed by atoms with van der Waals surface area (Å²) in [5.74, 6) is 0.533. The lowest BCUT2D eigenvalue weighted by Gasteiger charge is -2.22. The first-order valence-corrected chi connectivity index (χ1v) is 6.11. The molecule has 1 N–H and O–H groups in total. The van der Waals surface area contributed by atoms with Crippen LogP contribution >= 0.6 is 0 Å². The molecule has 17 heavy (non-hydrogen) atoms. The van der Waals surface area contributed by atoms with Gasteiger partial charge in [-0.2, -0.15) is 4.98 Å². The molecule has 0 spiro atoms. The molecule has 0 aliphatic carbocycles. The predicted molar refractivity (Wildman–Crippen MR) is 64.3 cm³/mol. The molecule has 1 unspecified atom stereocenters. The van der Waals surface area contributed by atoms with Crippen molar-refractivity contribution in [3.05, 3.63) is 12.3 Å². The summed E-state index contributed by atoms with van der Waals surface area (Å²) in [6.07, 6.45) is 6.48. The Kier molecular flexibility index (Phi) is 4.55. The molecular formula is C12H19N3O2. The van der Waals surface area contributed by atoms with Crippen LogP contribution in [0.4, 0.5) is 0 Å². The van der Waals surface area contributed by atoms with Gasteiger partial charge >= 0.3 is 6.01 Å². The van der Waals surface area contributed by atoms with Gasteiger partial charge in [-0.15, -0.1) is 0 Å². The topological polar surface area (TPSA) is 56.3 Å². The lowest BCUT2D eigenvalue weighted by atomic mass is 10.0. The highest BCUT2D eigenvalue weighted by Gasteiger charge is 2.12. The molecule has 2 rings (SSSR count). The van der Waals surface area contributed by atoms with Gasteiger partial charge in [0.1, 0.15) is 0 Å². The smallest absolute Gasteiger partial charge is 0.319 e. The van der Waals surface area contributed by atoms with Crippen molar-refractivity contribution in [2.75, 3.05) is 20.3 Å². The number of piperidine rings is 1. The van der Waals surface area contributed by atoms with Gasteiger partial charge in [-0.3, -0.25) is 0 Å². The maximum atomic E-state index is 5.51. The van der Waals surface area contributed by atoms with E-state index in [2.05, 4.69) is 15.3 Å². The highest BCUT2D eigenvalue weighted by atomic mass is 16.5. The number of nitrogens with zero attached hydrogens (tertiary/aromatic N) is 2. The van der Waals surface area contributed by atoms with Crippen LogP contribution in [0.2, 0.25) is 0 Å². The summed E-state index contributed by atoms with van der Waals surface area (Å²) in [5.41, 5.74) is 0. The molecule has 0 radical (unpaired) electrons. The van der Waals surface area contributed by atoms with Crippen LogP contribution in [0, 0.1) is 0 Å². The molecule has 1 aromatic rings. The second-order valence-electron chi connectivity index (χ2n) is 4.17. The maximum Gasteiger partial charge on any atom is 0.319 e. The standard InChI is InChI=1S/C12H19N3O2/c1-16-11-5-8-14-12(15-11)17-9-6-10-4-2-3-7-13-10/h5,8,10,13H,2-4,6-7,9H2,1H3. The average Bonchev–Trinajstić information content (AvgIpc) is 2.40. The molecule has 1 aromatic heterocycles. The van der Waals surface area contributed by atoms with E-state index >= 15 is 0 Å². The molecular weight excluding hydrogens is 218 g/mol. The van der Waals surface area contributed by atoms with E-state index in [1.165, 1.54) is 19.3 Å². The molecule has 1 saturated heterocycles. The van der Waals surface area contributed by atoms with Crippen molar-refractivity contribution in [2.45, 2.75) is 31.7 Å². The third-order valence-electron chi connectivity index (χ3n) is 2.93. The molecule has 1 aliphatic heterocycles. The second-order valence-corrected chi connectivity index (χ2v) is 4.17. The normalized spacial score (nSPS) is 19.9. The Labute approximate surface area is 102 Å². The molecule has 0 amide bonds. The van der Waals surface area contributed by atoms with Crippen molar-refractivity contribution in [3.63, 3.8) is 0 Å². The Hall–Kier alpha value is -1.36. The molecule has 5 nitrogen and oxygen atoms in total. The molecule has 0 aromatic carbocycles. The van der Waals surface area contributed by atoms with Gasteiger partial charge < -0.3 is 14.8 Å². The van der Waals surface area contributed by atoms with Gasteiger partial charge in [-0.05, 0) is 25.8 Å². The molecule has 0 saturated carbocycles. The number of nitrogens with one attached hydrogen (secondary N) is 1. The fourth-order valence-electron chi connectivity index (χ4n) is 1.97. The van der Waals surface area contributed by atoms with E-state index in [0.29, 0.717) is 24.5 Å². The van der Waals surface area contributed by atoms with Gasteiger partial charge in [-0.1, -0.05) is 6.42 Å². The average molecular weight is 237 g/mol. The van der Waals surface area contributed by atoms with Crippen LogP contribution in [0.15, 0.2) is 12.3 Å². The summed E-state index contributed by atoms with van der Waals surface area (Å²) in [5, 5.41) is 3.48. The van der Waals surface area contributed by atoms with Crippen LogP contribution in [0.25, 0.3) is 0 Å². The minimum absolute atomic E-state index is 0.389. The highest BCUT2D eigenvalue weighted by Crippen LogP contribution is 2.12. The van der Waals surface area contributed by atoms with Crippen molar-refractivity contribution in [1.82, 2.24) is 15.3 Å². The van der Waals surface area contributed by atoms with E-state index in [1.807, 2.05) is 0 Å². The predicted octanol–water partition coefficient (Wildman–Crippen LogP) is 1.40. The van der Waals surface area contributed by atoms with Crippen molar-refractivity contribution in [3.8, 4) is 11.9 Å². The van der Waals surface area contributed by atoms with Crippen molar-refractivity contribution < 1.29 is 9.47 Å². The number of ether oxygens (including phenoxy) is 2. The first-order valence-electron chi connectivity index (χ1n) is 6.11. The van der Waals surface area contributed by atoms with E-state index in [4.69, 9.17) is 9.47 Å². The molecule has 94 valence electrons. The first-order chi connectivity index (χ1) is 8.38. The van der Waals surface area contributed by atoms with Crippen LogP contribution in [-0.4, -0.2) is 36.3 Å². The summed E-state index contributed by atoms with van der Waals surface area (Å²) < 4.78 is 10.5. The largest absolute Gasteiger partial charge is 0.481 e. The molecule has 0 bridgehead atoms. The SMILES string of the molecule is COc1ccnc(OCCC2CCCCN2)n1. The number of rotatable bonds is 5. The Morgan fingerprint density at radius 1 is 1.47 bits per heavy atom. The zero-order valence-electron chi connectivity index (χ0n) is 10.2. The van der Waals surface area contributed by atoms with Gasteiger partial charge in [0.2, 0.25) is 5.88 Å². The Bertz CT molecular complexity index is 340. The molecule has 5 heteroatoms. The Balaban J connectivity index is 1.73. The molecule has 1 atom stereocenters. The fourth-order valence-corrected chi connectivity index (χ4v) is 1.97. The van der Waals surface area contributed by atoms with Gasteiger partial charge in [0.05, 0.1) is 13.7 Å². The summed E-state index contributed by atoms with van der Waals surface area (Å²) in [6.45, 7) is 1.77. The number of hydrogen-bond acceptors (Lipinski definition) is 5. The van der Waals surface area contributed by atoms with E-state index in [1.54, 1.807) is 19.4 Å². The van der Waals surface area contributed by atoms with Gasteiger partial charge in [0, 0.05) is 18.3 Å². The number of hydrogen-bond donors (Lipinski definition) is 1. The Morgan fingerprint density at radius 3 is 3.18 bits per heavy atom. The van der Waals surface area contributed by atoms with E-state index < -0.39 is 0 Å². The highest BCUT2D eigenvalue weighted by molar-refractivity contribution is 5.10. The molecule has 1 aliphatic rings. The lowest BCUT2D eigenvalue weighted by molar-refractivity contribution is 0.248. The van der Waals surface area contributed by atoms with Crippen LogP contribution < -0.4 is 14.8 Å². The molecule has 2 heterocycles. The van der Waals surface area contributed by atoms with Crippen molar-refractivity contribution in [1.29, 1.82) is 0 Å². The van der Waals surface area contributed by atoms with E-state index in [-0.39, 0.29) is 0 Å². The monoisotopic (exact) mass is 237 g/mol. The minimum Gasteiger partial charge on any atom is -0.481 e. The van der Waals surface area contributed by atoms with Crippen LogP contribution in [0.1, 0.15) is 25.7 Å². The van der Waals surface area contributed by atoms with E-state index in [9.17, 15) is 0 Å². The molecule has 1 fully saturated rings. The van der Waals surface area contributed by atoms with Crippen molar-refractivity contribution in [2.24, 2.45) is 0 Å². The third-order valence-corrected chi connectivity index (χ3v) is 2.93. The Morgan fingerprint density at radius 2 is 2.41 bits per heavy atom. The van der Waals surface area contributed by atoms with Crippen LogP contribution in [0.3, 0.4) is 0 Å². The maximum absolute atomic E-state index is 5.51. The minimum atomic E-state index is 0.389. The van der Waals surface area contributed by atoms with Gasteiger partial charge in [-0.25, -0.2) is 4.98 Å². The summed E-state index contributed by atoms with van der Waals surface area (Å²) in [4.78, 5) is 8.13. The van der Waals surface area contributed by atoms with Crippen molar-refractivity contribution >= 4 is 0 Å². The van der Waals surface area contributed by atoms with Gasteiger partial charge in [0.25, 0.3) is 0 Å². The van der Waals surface area contributed by atoms with Gasteiger partial charge in [0.15, 0.2) is 0 Å². The van der Waals surface area contributed by atoms with Crippen LogP contribution in [-0.2, 0) is 0 Å². The quantitative estimate of drug-likeness (QED) is 0.838. The van der Waals surface area contributed by atoms with Crippen LogP contribution in [0.5, 0.6) is 11.9 Å². The summed E-state index contributed by atoms with van der Waals surface area (Å²) in [6, 6.07) is 2.67. The summed E-state index contributed by atoms with van der Waals surface area (Å²) >= 11 is 0. The number of aromatic nitrogens is 2. The van der Waals surface area contributed by atoms with E-state index in [0.717, 1.165) is 13.0 Å². The fraction of sp³-hybridized carbons (Fsp3) is 0.667. The third kappa shape index (κ3) is 3.85. The lowest BCUT2D eigenvalue weighted by Crippen LogP contribution is -2.35. The number of methoxy groups -OCH3 is 1.